The van der Waals surface area contributed by atoms with E-state index >= 15 is 0 Å². The zero-order chi connectivity index (χ0) is 15.7. The molecule has 1 saturated carbocycles. The summed E-state index contributed by atoms with van der Waals surface area (Å²) in [6, 6.07) is 0.126. The summed E-state index contributed by atoms with van der Waals surface area (Å²) in [7, 11) is 0. The minimum absolute atomic E-state index is 0.0332. The molecule has 2 N–H and O–H groups in total. The molecular formula is C17H23NO3S. The maximum atomic E-state index is 12.5. The molecule has 0 bridgehead atoms. The van der Waals surface area contributed by atoms with Crippen molar-refractivity contribution in [2.45, 2.75) is 57.9 Å². The van der Waals surface area contributed by atoms with E-state index in [-0.39, 0.29) is 17.9 Å². The van der Waals surface area contributed by atoms with Gasteiger partial charge in [-0.2, -0.15) is 0 Å². The van der Waals surface area contributed by atoms with Gasteiger partial charge in [-0.25, -0.2) is 0 Å². The van der Waals surface area contributed by atoms with E-state index in [2.05, 4.69) is 12.2 Å². The number of fused-ring (bicyclic) bond motifs is 1. The van der Waals surface area contributed by atoms with Gasteiger partial charge >= 0.3 is 5.97 Å². The van der Waals surface area contributed by atoms with Gasteiger partial charge in [-0.3, -0.25) is 9.59 Å². The van der Waals surface area contributed by atoms with Crippen molar-refractivity contribution in [3.8, 4) is 0 Å². The van der Waals surface area contributed by atoms with Gasteiger partial charge in [0, 0.05) is 16.3 Å². The van der Waals surface area contributed by atoms with Gasteiger partial charge in [0.15, 0.2) is 0 Å². The lowest BCUT2D eigenvalue weighted by molar-refractivity contribution is -0.142. The van der Waals surface area contributed by atoms with Crippen LogP contribution in [-0.2, 0) is 17.6 Å². The second-order valence-corrected chi connectivity index (χ2v) is 7.72. The molecule has 1 fully saturated rings. The third-order valence-corrected chi connectivity index (χ3v) is 6.11. The van der Waals surface area contributed by atoms with Crippen molar-refractivity contribution < 1.29 is 14.7 Å². The normalized spacial score (nSPS) is 28.0. The predicted octanol–water partition coefficient (Wildman–Crippen LogP) is 3.25. The quantitative estimate of drug-likeness (QED) is 0.898. The van der Waals surface area contributed by atoms with Crippen LogP contribution in [0.15, 0.2) is 5.38 Å². The second-order valence-electron chi connectivity index (χ2n) is 6.76. The molecule has 5 heteroatoms. The maximum absolute atomic E-state index is 12.5. The van der Waals surface area contributed by atoms with Gasteiger partial charge in [0.25, 0.3) is 5.91 Å². The summed E-state index contributed by atoms with van der Waals surface area (Å²) in [6.07, 6.45) is 6.14. The molecule has 1 unspecified atom stereocenters. The lowest BCUT2D eigenvalue weighted by Crippen LogP contribution is -2.39. The van der Waals surface area contributed by atoms with Gasteiger partial charge in [-0.05, 0) is 56.4 Å². The molecule has 1 amide bonds. The molecule has 22 heavy (non-hydrogen) atoms. The Hall–Kier alpha value is -1.36. The summed E-state index contributed by atoms with van der Waals surface area (Å²) < 4.78 is 0. The first-order valence-corrected chi connectivity index (χ1v) is 9.05. The zero-order valence-corrected chi connectivity index (χ0v) is 13.7. The Morgan fingerprint density at radius 2 is 1.95 bits per heavy atom. The molecule has 1 aromatic heterocycles. The second kappa shape index (κ2) is 6.41. The molecule has 0 saturated heterocycles. The molecule has 4 nitrogen and oxygen atoms in total. The number of amides is 1. The van der Waals surface area contributed by atoms with Gasteiger partial charge in [0.1, 0.15) is 0 Å². The van der Waals surface area contributed by atoms with Crippen LogP contribution in [0.4, 0.5) is 0 Å². The lowest BCUT2D eigenvalue weighted by atomic mass is 9.85. The van der Waals surface area contributed by atoms with Crippen LogP contribution in [0.2, 0.25) is 0 Å². The predicted molar refractivity (Wildman–Crippen MR) is 86.4 cm³/mol. The highest BCUT2D eigenvalue weighted by Gasteiger charge is 2.28. The summed E-state index contributed by atoms with van der Waals surface area (Å²) >= 11 is 1.71. The van der Waals surface area contributed by atoms with Crippen LogP contribution in [0.25, 0.3) is 0 Å². The highest BCUT2D eigenvalue weighted by molar-refractivity contribution is 7.10. The average Bonchev–Trinajstić information content (AvgIpc) is 2.90. The van der Waals surface area contributed by atoms with Gasteiger partial charge < -0.3 is 10.4 Å². The fourth-order valence-corrected chi connectivity index (χ4v) is 4.86. The van der Waals surface area contributed by atoms with Crippen LogP contribution < -0.4 is 5.32 Å². The molecule has 0 aromatic carbocycles. The average molecular weight is 321 g/mol. The Balaban J connectivity index is 1.60. The van der Waals surface area contributed by atoms with Gasteiger partial charge in [0.2, 0.25) is 0 Å². The van der Waals surface area contributed by atoms with Crippen molar-refractivity contribution in [2.24, 2.45) is 11.8 Å². The first-order chi connectivity index (χ1) is 10.5. The molecule has 0 spiro atoms. The Morgan fingerprint density at radius 1 is 1.23 bits per heavy atom. The summed E-state index contributed by atoms with van der Waals surface area (Å²) in [5.74, 6) is -0.187. The van der Waals surface area contributed by atoms with Crippen LogP contribution >= 0.6 is 11.3 Å². The van der Waals surface area contributed by atoms with E-state index < -0.39 is 5.97 Å². The molecule has 1 aromatic rings. The van der Waals surface area contributed by atoms with Crippen molar-refractivity contribution in [1.82, 2.24) is 5.32 Å². The summed E-state index contributed by atoms with van der Waals surface area (Å²) in [4.78, 5) is 24.9. The molecule has 2 aliphatic carbocycles. The highest BCUT2D eigenvalue weighted by atomic mass is 32.1. The minimum Gasteiger partial charge on any atom is -0.481 e. The number of hydrogen-bond acceptors (Lipinski definition) is 3. The third-order valence-electron chi connectivity index (χ3n) is 5.06. The van der Waals surface area contributed by atoms with Crippen LogP contribution in [0.3, 0.4) is 0 Å². The molecule has 2 aliphatic rings. The van der Waals surface area contributed by atoms with Gasteiger partial charge in [0.05, 0.1) is 11.5 Å². The van der Waals surface area contributed by atoms with E-state index in [9.17, 15) is 9.59 Å². The number of thiophene rings is 1. The number of rotatable bonds is 3. The summed E-state index contributed by atoms with van der Waals surface area (Å²) in [5.41, 5.74) is 2.10. The fraction of sp³-hybridized carbons (Fsp3) is 0.647. The largest absolute Gasteiger partial charge is 0.481 e. The topological polar surface area (TPSA) is 66.4 Å². The Bertz CT molecular complexity index is 572. The number of carbonyl (C=O) groups excluding carboxylic acids is 1. The van der Waals surface area contributed by atoms with E-state index in [1.807, 2.05) is 5.38 Å². The fourth-order valence-electron chi connectivity index (χ4n) is 3.62. The van der Waals surface area contributed by atoms with E-state index in [0.29, 0.717) is 18.8 Å². The smallest absolute Gasteiger partial charge is 0.306 e. The van der Waals surface area contributed by atoms with Crippen molar-refractivity contribution in [2.75, 3.05) is 0 Å². The summed E-state index contributed by atoms with van der Waals surface area (Å²) in [5, 5.41) is 14.1. The molecule has 1 atom stereocenters. The van der Waals surface area contributed by atoms with Crippen LogP contribution in [0.1, 0.15) is 59.8 Å². The van der Waals surface area contributed by atoms with E-state index in [1.165, 1.54) is 10.4 Å². The molecular weight excluding hydrogens is 298 g/mol. The van der Waals surface area contributed by atoms with E-state index in [0.717, 1.165) is 37.7 Å². The number of aliphatic carboxylic acids is 1. The number of hydrogen-bond donors (Lipinski definition) is 2. The maximum Gasteiger partial charge on any atom is 0.306 e. The van der Waals surface area contributed by atoms with Crippen LogP contribution in [0, 0.1) is 11.8 Å². The van der Waals surface area contributed by atoms with Crippen molar-refractivity contribution in [3.63, 3.8) is 0 Å². The van der Waals surface area contributed by atoms with Crippen molar-refractivity contribution in [3.05, 3.63) is 21.4 Å². The Labute approximate surface area is 134 Å². The number of nitrogens with one attached hydrogen (secondary N) is 1. The monoisotopic (exact) mass is 321 g/mol. The first-order valence-electron chi connectivity index (χ1n) is 8.17. The molecule has 3 rings (SSSR count). The Morgan fingerprint density at radius 3 is 2.64 bits per heavy atom. The first kappa shape index (κ1) is 15.5. The standard InChI is InChI=1S/C17H23NO3S/c1-10-2-7-13-14(9-22-15(13)8-10)16(19)18-12-5-3-11(4-6-12)17(20)21/h9-12H,2-8H2,1H3,(H,18,19)(H,20,21). The number of carboxylic acid groups (broad SMARTS) is 1. The van der Waals surface area contributed by atoms with Crippen LogP contribution in [-0.4, -0.2) is 23.0 Å². The lowest BCUT2D eigenvalue weighted by Gasteiger charge is -2.27. The molecule has 0 aliphatic heterocycles. The molecule has 120 valence electrons. The SMILES string of the molecule is CC1CCc2c(C(=O)NC3CCC(C(=O)O)CC3)csc2C1. The zero-order valence-electron chi connectivity index (χ0n) is 12.9. The van der Waals surface area contributed by atoms with Crippen molar-refractivity contribution in [1.29, 1.82) is 0 Å². The molecule has 1 heterocycles. The van der Waals surface area contributed by atoms with Gasteiger partial charge in [-0.1, -0.05) is 6.92 Å². The molecule has 0 radical (unpaired) electrons. The van der Waals surface area contributed by atoms with E-state index in [4.69, 9.17) is 5.11 Å². The van der Waals surface area contributed by atoms with Crippen LogP contribution in [0.5, 0.6) is 0 Å². The van der Waals surface area contributed by atoms with Crippen molar-refractivity contribution >= 4 is 23.2 Å². The van der Waals surface area contributed by atoms with Gasteiger partial charge in [-0.15, -0.1) is 11.3 Å². The highest BCUT2D eigenvalue weighted by Crippen LogP contribution is 2.33. The number of carboxylic acids is 1. The summed E-state index contributed by atoms with van der Waals surface area (Å²) in [6.45, 7) is 2.27. The number of carbonyl (C=O) groups is 2. The third kappa shape index (κ3) is 3.19. The minimum atomic E-state index is -0.703. The van der Waals surface area contributed by atoms with E-state index in [1.54, 1.807) is 11.3 Å². The Kier molecular flexibility index (Phi) is 4.52.